The van der Waals surface area contributed by atoms with Crippen molar-refractivity contribution in [3.8, 4) is 11.1 Å². The highest BCUT2D eigenvalue weighted by Gasteiger charge is 2.09. The second-order valence-corrected chi connectivity index (χ2v) is 4.69. The minimum Gasteiger partial charge on any atom is -0.143 e. The number of hydrogen-bond donors (Lipinski definition) is 2. The van der Waals surface area contributed by atoms with Crippen LogP contribution < -0.4 is 0 Å². The van der Waals surface area contributed by atoms with Gasteiger partial charge in [-0.1, -0.05) is 30.3 Å². The van der Waals surface area contributed by atoms with Crippen LogP contribution in [0, 0.1) is 0 Å². The second kappa shape index (κ2) is 5.17. The molecule has 0 atom stereocenters. The lowest BCUT2D eigenvalue weighted by molar-refractivity contribution is 1.30. The first-order valence-electron chi connectivity index (χ1n) is 4.89. The maximum absolute atomic E-state index is 5.95. The zero-order valence-corrected chi connectivity index (χ0v) is 11.1. The van der Waals surface area contributed by atoms with Crippen molar-refractivity contribution in [1.82, 2.24) is 0 Å². The van der Waals surface area contributed by atoms with Crippen LogP contribution in [-0.2, 0) is 5.88 Å². The van der Waals surface area contributed by atoms with E-state index in [1.165, 1.54) is 0 Å². The molecule has 16 heavy (non-hydrogen) atoms. The molecule has 0 saturated carbocycles. The van der Waals surface area contributed by atoms with Crippen LogP contribution in [0.3, 0.4) is 0 Å². The number of halogens is 1. The molecule has 3 heteroatoms. The van der Waals surface area contributed by atoms with Crippen LogP contribution in [-0.4, -0.2) is 0 Å². The van der Waals surface area contributed by atoms with Gasteiger partial charge in [-0.2, -0.15) is 0 Å². The average Bonchev–Trinajstić information content (AvgIpc) is 2.30. The summed E-state index contributed by atoms with van der Waals surface area (Å²) in [5.74, 6) is 0.478. The van der Waals surface area contributed by atoms with Crippen LogP contribution in [0.25, 0.3) is 11.1 Å². The zero-order valence-electron chi connectivity index (χ0n) is 8.52. The van der Waals surface area contributed by atoms with Crippen LogP contribution in [0.15, 0.2) is 52.3 Å². The highest BCUT2D eigenvalue weighted by atomic mass is 35.5. The Morgan fingerprint density at radius 1 is 0.875 bits per heavy atom. The van der Waals surface area contributed by atoms with Crippen LogP contribution in [0.1, 0.15) is 5.56 Å². The Labute approximate surface area is 111 Å². The molecule has 0 aliphatic rings. The monoisotopic (exact) mass is 266 g/mol. The quantitative estimate of drug-likeness (QED) is 0.573. The van der Waals surface area contributed by atoms with E-state index in [1.54, 1.807) is 0 Å². The second-order valence-electron chi connectivity index (χ2n) is 3.46. The molecule has 0 fully saturated rings. The van der Waals surface area contributed by atoms with Crippen molar-refractivity contribution in [3.05, 3.63) is 48.0 Å². The number of alkyl halides is 1. The van der Waals surface area contributed by atoms with Crippen LogP contribution in [0.5, 0.6) is 0 Å². The van der Waals surface area contributed by atoms with Gasteiger partial charge in [-0.05, 0) is 23.3 Å². The molecule has 2 aromatic rings. The molecule has 0 N–H and O–H groups in total. The molecule has 0 nitrogen and oxygen atoms in total. The summed E-state index contributed by atoms with van der Waals surface area (Å²) in [6, 6.07) is 13.9. The highest BCUT2D eigenvalue weighted by Crippen LogP contribution is 2.34. The zero-order chi connectivity index (χ0) is 11.5. The van der Waals surface area contributed by atoms with Gasteiger partial charge in [0.25, 0.3) is 0 Å². The first kappa shape index (κ1) is 11.9. The third-order valence-corrected chi connectivity index (χ3v) is 3.50. The van der Waals surface area contributed by atoms with Gasteiger partial charge in [0.05, 0.1) is 0 Å². The maximum atomic E-state index is 5.95. The van der Waals surface area contributed by atoms with E-state index in [4.69, 9.17) is 11.6 Å². The van der Waals surface area contributed by atoms with Crippen LogP contribution >= 0.6 is 36.9 Å². The standard InChI is InChI=1S/C13H11ClS2/c14-8-9-4-3-7-12(16)13(9)10-5-1-2-6-11(10)15/h1-7,15-16H,8H2. The molecule has 0 aliphatic carbocycles. The smallest absolute Gasteiger partial charge is 0.0480 e. The highest BCUT2D eigenvalue weighted by molar-refractivity contribution is 7.80. The Bertz CT molecular complexity index is 509. The fourth-order valence-corrected chi connectivity index (χ4v) is 2.54. The number of hydrogen-bond acceptors (Lipinski definition) is 2. The molecule has 0 amide bonds. The Morgan fingerprint density at radius 3 is 2.25 bits per heavy atom. The predicted molar refractivity (Wildman–Crippen MR) is 75.9 cm³/mol. The third kappa shape index (κ3) is 2.24. The van der Waals surface area contributed by atoms with Crippen molar-refractivity contribution in [2.24, 2.45) is 0 Å². The average molecular weight is 267 g/mol. The van der Waals surface area contributed by atoms with Gasteiger partial charge in [0.2, 0.25) is 0 Å². The van der Waals surface area contributed by atoms with Gasteiger partial charge in [0.1, 0.15) is 0 Å². The lowest BCUT2D eigenvalue weighted by atomic mass is 10.0. The van der Waals surface area contributed by atoms with Crippen LogP contribution in [0.2, 0.25) is 0 Å². The summed E-state index contributed by atoms with van der Waals surface area (Å²) in [6.45, 7) is 0. The molecule has 0 radical (unpaired) electrons. The minimum absolute atomic E-state index is 0.478. The summed E-state index contributed by atoms with van der Waals surface area (Å²) in [7, 11) is 0. The summed E-state index contributed by atoms with van der Waals surface area (Å²) in [5.41, 5.74) is 3.23. The summed E-state index contributed by atoms with van der Waals surface area (Å²) in [6.07, 6.45) is 0. The fraction of sp³-hybridized carbons (Fsp3) is 0.0769. The molecule has 2 rings (SSSR count). The summed E-state index contributed by atoms with van der Waals surface area (Å²) >= 11 is 14.9. The van der Waals surface area contributed by atoms with Gasteiger partial charge in [0, 0.05) is 21.2 Å². The van der Waals surface area contributed by atoms with Gasteiger partial charge >= 0.3 is 0 Å². The number of thiol groups is 2. The lowest BCUT2D eigenvalue weighted by Gasteiger charge is -2.12. The molecule has 0 bridgehead atoms. The van der Waals surface area contributed by atoms with Gasteiger partial charge in [0.15, 0.2) is 0 Å². The Hall–Kier alpha value is -0.570. The van der Waals surface area contributed by atoms with Gasteiger partial charge < -0.3 is 0 Å². The topological polar surface area (TPSA) is 0 Å². The molecule has 0 aliphatic heterocycles. The van der Waals surface area contributed by atoms with Crippen molar-refractivity contribution in [1.29, 1.82) is 0 Å². The summed E-state index contributed by atoms with van der Waals surface area (Å²) in [5, 5.41) is 0. The molecular weight excluding hydrogens is 256 g/mol. The molecule has 2 aromatic carbocycles. The SMILES string of the molecule is Sc1ccccc1-c1c(S)cccc1CCl. The first-order valence-corrected chi connectivity index (χ1v) is 6.32. The fourth-order valence-electron chi connectivity index (χ4n) is 1.69. The molecule has 0 heterocycles. The van der Waals surface area contributed by atoms with Crippen molar-refractivity contribution < 1.29 is 0 Å². The van der Waals surface area contributed by atoms with E-state index in [9.17, 15) is 0 Å². The van der Waals surface area contributed by atoms with Crippen molar-refractivity contribution in [2.45, 2.75) is 15.7 Å². The van der Waals surface area contributed by atoms with E-state index in [-0.39, 0.29) is 0 Å². The maximum Gasteiger partial charge on any atom is 0.0480 e. The first-order chi connectivity index (χ1) is 7.74. The van der Waals surface area contributed by atoms with E-state index < -0.39 is 0 Å². The lowest BCUT2D eigenvalue weighted by Crippen LogP contribution is -1.89. The molecule has 0 unspecified atom stereocenters. The summed E-state index contributed by atoms with van der Waals surface area (Å²) in [4.78, 5) is 1.87. The Morgan fingerprint density at radius 2 is 1.56 bits per heavy atom. The molecule has 0 saturated heterocycles. The minimum atomic E-state index is 0.478. The van der Waals surface area contributed by atoms with Gasteiger partial charge in [-0.25, -0.2) is 0 Å². The van der Waals surface area contributed by atoms with E-state index in [2.05, 4.69) is 25.3 Å². The third-order valence-electron chi connectivity index (χ3n) is 2.45. The number of rotatable bonds is 2. The van der Waals surface area contributed by atoms with Gasteiger partial charge in [-0.15, -0.1) is 36.9 Å². The predicted octanol–water partition coefficient (Wildman–Crippen LogP) is 4.67. The number of benzene rings is 2. The van der Waals surface area contributed by atoms with E-state index in [1.807, 2.05) is 42.5 Å². The van der Waals surface area contributed by atoms with E-state index in [0.29, 0.717) is 5.88 Å². The molecule has 0 spiro atoms. The van der Waals surface area contributed by atoms with Crippen molar-refractivity contribution >= 4 is 36.9 Å². The van der Waals surface area contributed by atoms with Crippen molar-refractivity contribution in [2.75, 3.05) is 0 Å². The van der Waals surface area contributed by atoms with E-state index in [0.717, 1.165) is 26.5 Å². The molecule has 82 valence electrons. The Kier molecular flexibility index (Phi) is 3.85. The van der Waals surface area contributed by atoms with Gasteiger partial charge in [-0.3, -0.25) is 0 Å². The summed E-state index contributed by atoms with van der Waals surface area (Å²) < 4.78 is 0. The molecular formula is C13H11ClS2. The van der Waals surface area contributed by atoms with E-state index >= 15 is 0 Å². The largest absolute Gasteiger partial charge is 0.143 e. The van der Waals surface area contributed by atoms with Crippen molar-refractivity contribution in [3.63, 3.8) is 0 Å². The normalized spacial score (nSPS) is 10.4. The molecule has 0 aromatic heterocycles. The van der Waals surface area contributed by atoms with Crippen LogP contribution in [0.4, 0.5) is 0 Å². The Balaban J connectivity index is 2.68.